The molecule has 0 spiro atoms. The number of hydrogen-bond donors (Lipinski definition) is 2. The molecule has 1 aliphatic heterocycles. The van der Waals surface area contributed by atoms with Gasteiger partial charge in [0.05, 0.1) is 0 Å². The number of benzene rings is 1. The van der Waals surface area contributed by atoms with Gasteiger partial charge in [-0.25, -0.2) is 4.39 Å². The van der Waals surface area contributed by atoms with Crippen molar-refractivity contribution in [3.05, 3.63) is 29.6 Å². The van der Waals surface area contributed by atoms with Crippen LogP contribution in [-0.4, -0.2) is 19.0 Å². The minimum Gasteiger partial charge on any atom is -0.326 e. The molecule has 0 saturated carbocycles. The average molecular weight is 273 g/mol. The van der Waals surface area contributed by atoms with Gasteiger partial charge in [0.1, 0.15) is 5.82 Å². The molecule has 1 unspecified atom stereocenters. The molecule has 1 aromatic carbocycles. The molecule has 1 amide bonds. The van der Waals surface area contributed by atoms with Crippen molar-refractivity contribution in [2.24, 2.45) is 5.92 Å². The minimum absolute atomic E-state index is 0. The van der Waals surface area contributed by atoms with Crippen molar-refractivity contribution in [3.63, 3.8) is 0 Å². The first-order valence-corrected chi connectivity index (χ1v) is 5.92. The van der Waals surface area contributed by atoms with Crippen LogP contribution in [0.15, 0.2) is 18.2 Å². The monoisotopic (exact) mass is 272 g/mol. The van der Waals surface area contributed by atoms with Gasteiger partial charge in [0.25, 0.3) is 0 Å². The molecule has 0 aliphatic carbocycles. The van der Waals surface area contributed by atoms with Gasteiger partial charge in [-0.1, -0.05) is 6.07 Å². The van der Waals surface area contributed by atoms with Crippen LogP contribution in [0, 0.1) is 18.7 Å². The zero-order valence-electron chi connectivity index (χ0n) is 10.3. The highest BCUT2D eigenvalue weighted by Gasteiger charge is 2.18. The first-order chi connectivity index (χ1) is 8.15. The van der Waals surface area contributed by atoms with Gasteiger partial charge in [-0.3, -0.25) is 4.79 Å². The van der Waals surface area contributed by atoms with Gasteiger partial charge in [0, 0.05) is 12.1 Å². The molecular formula is C13H18ClFN2O. The summed E-state index contributed by atoms with van der Waals surface area (Å²) in [7, 11) is 0. The number of aryl methyl sites for hydroxylation is 1. The first-order valence-electron chi connectivity index (χ1n) is 5.92. The molecule has 0 bridgehead atoms. The molecular weight excluding hydrogens is 255 g/mol. The standard InChI is InChI=1S/C13H17FN2O.ClH/c1-9-2-3-11(14)7-12(9)16-13(17)6-10-4-5-15-8-10;/h2-3,7,10,15H,4-6,8H2,1H3,(H,16,17);1H. The van der Waals surface area contributed by atoms with Crippen LogP contribution in [0.3, 0.4) is 0 Å². The number of amides is 1. The fourth-order valence-corrected chi connectivity index (χ4v) is 2.08. The third kappa shape index (κ3) is 3.96. The van der Waals surface area contributed by atoms with Gasteiger partial charge >= 0.3 is 0 Å². The van der Waals surface area contributed by atoms with Gasteiger partial charge < -0.3 is 10.6 Å². The van der Waals surface area contributed by atoms with Crippen molar-refractivity contribution >= 4 is 24.0 Å². The van der Waals surface area contributed by atoms with E-state index in [-0.39, 0.29) is 24.1 Å². The normalized spacial score (nSPS) is 18.2. The molecule has 0 radical (unpaired) electrons. The summed E-state index contributed by atoms with van der Waals surface area (Å²) >= 11 is 0. The van der Waals surface area contributed by atoms with Crippen LogP contribution < -0.4 is 10.6 Å². The van der Waals surface area contributed by atoms with Crippen molar-refractivity contribution < 1.29 is 9.18 Å². The third-order valence-corrected chi connectivity index (χ3v) is 3.11. The zero-order valence-corrected chi connectivity index (χ0v) is 11.1. The largest absolute Gasteiger partial charge is 0.326 e. The van der Waals surface area contributed by atoms with Gasteiger partial charge in [-0.2, -0.15) is 0 Å². The molecule has 1 aromatic rings. The van der Waals surface area contributed by atoms with Crippen LogP contribution in [0.1, 0.15) is 18.4 Å². The Kier molecular flexibility index (Phi) is 5.56. The smallest absolute Gasteiger partial charge is 0.224 e. The quantitative estimate of drug-likeness (QED) is 0.888. The minimum atomic E-state index is -0.326. The highest BCUT2D eigenvalue weighted by molar-refractivity contribution is 5.91. The fourth-order valence-electron chi connectivity index (χ4n) is 2.08. The maximum Gasteiger partial charge on any atom is 0.224 e. The Morgan fingerprint density at radius 1 is 1.56 bits per heavy atom. The van der Waals surface area contributed by atoms with Crippen LogP contribution in [0.5, 0.6) is 0 Å². The predicted octanol–water partition coefficient (Wildman–Crippen LogP) is 2.49. The molecule has 1 fully saturated rings. The highest BCUT2D eigenvalue weighted by Crippen LogP contribution is 2.18. The van der Waals surface area contributed by atoms with Crippen LogP contribution in [-0.2, 0) is 4.79 Å². The van der Waals surface area contributed by atoms with Gasteiger partial charge in [0.15, 0.2) is 0 Å². The highest BCUT2D eigenvalue weighted by atomic mass is 35.5. The third-order valence-electron chi connectivity index (χ3n) is 3.11. The lowest BCUT2D eigenvalue weighted by atomic mass is 10.0. The molecule has 3 nitrogen and oxygen atoms in total. The maximum atomic E-state index is 13.0. The summed E-state index contributed by atoms with van der Waals surface area (Å²) < 4.78 is 13.0. The molecule has 1 saturated heterocycles. The van der Waals surface area contributed by atoms with Crippen molar-refractivity contribution in [1.82, 2.24) is 5.32 Å². The molecule has 5 heteroatoms. The molecule has 2 N–H and O–H groups in total. The lowest BCUT2D eigenvalue weighted by Gasteiger charge is -2.11. The van der Waals surface area contributed by atoms with Crippen molar-refractivity contribution in [2.45, 2.75) is 19.8 Å². The Hall–Kier alpha value is -1.13. The number of hydrogen-bond acceptors (Lipinski definition) is 2. The van der Waals surface area contributed by atoms with E-state index in [2.05, 4.69) is 10.6 Å². The Morgan fingerprint density at radius 2 is 2.33 bits per heavy atom. The molecule has 1 heterocycles. The number of rotatable bonds is 3. The predicted molar refractivity (Wildman–Crippen MR) is 72.6 cm³/mol. The van der Waals surface area contributed by atoms with E-state index in [4.69, 9.17) is 0 Å². The van der Waals surface area contributed by atoms with E-state index in [1.165, 1.54) is 12.1 Å². The van der Waals surface area contributed by atoms with Crippen molar-refractivity contribution in [2.75, 3.05) is 18.4 Å². The summed E-state index contributed by atoms with van der Waals surface area (Å²) in [5.74, 6) is 0.0460. The van der Waals surface area contributed by atoms with E-state index in [1.54, 1.807) is 6.07 Å². The summed E-state index contributed by atoms with van der Waals surface area (Å²) in [6.07, 6.45) is 1.54. The van der Waals surface area contributed by atoms with E-state index in [9.17, 15) is 9.18 Å². The lowest BCUT2D eigenvalue weighted by molar-refractivity contribution is -0.116. The zero-order chi connectivity index (χ0) is 12.3. The number of carbonyl (C=O) groups excluding carboxylic acids is 1. The van der Waals surface area contributed by atoms with E-state index in [0.717, 1.165) is 25.1 Å². The van der Waals surface area contributed by atoms with E-state index < -0.39 is 0 Å². The Balaban J connectivity index is 0.00000162. The van der Waals surface area contributed by atoms with Crippen LogP contribution in [0.25, 0.3) is 0 Å². The van der Waals surface area contributed by atoms with Gasteiger partial charge in [-0.05, 0) is 50.0 Å². The summed E-state index contributed by atoms with van der Waals surface area (Å²) in [5.41, 5.74) is 1.45. The second-order valence-electron chi connectivity index (χ2n) is 4.57. The molecule has 0 aromatic heterocycles. The van der Waals surface area contributed by atoms with Gasteiger partial charge in [-0.15, -0.1) is 12.4 Å². The van der Waals surface area contributed by atoms with Gasteiger partial charge in [0.2, 0.25) is 5.91 Å². The van der Waals surface area contributed by atoms with Crippen LogP contribution >= 0.6 is 12.4 Å². The topological polar surface area (TPSA) is 41.1 Å². The number of anilines is 1. The summed E-state index contributed by atoms with van der Waals surface area (Å²) in [6.45, 7) is 3.73. The van der Waals surface area contributed by atoms with Crippen molar-refractivity contribution in [3.8, 4) is 0 Å². The molecule has 1 atom stereocenters. The van der Waals surface area contributed by atoms with E-state index in [1.807, 2.05) is 6.92 Å². The number of halogens is 2. The summed E-state index contributed by atoms with van der Waals surface area (Å²) in [6, 6.07) is 4.42. The van der Waals surface area contributed by atoms with E-state index >= 15 is 0 Å². The van der Waals surface area contributed by atoms with Crippen LogP contribution in [0.2, 0.25) is 0 Å². The lowest BCUT2D eigenvalue weighted by Crippen LogP contribution is -2.18. The Bertz CT molecular complexity index is 419. The second kappa shape index (κ2) is 6.71. The Morgan fingerprint density at radius 3 is 3.00 bits per heavy atom. The number of carbonyl (C=O) groups is 1. The summed E-state index contributed by atoms with van der Waals surface area (Å²) in [4.78, 5) is 11.8. The average Bonchev–Trinajstić information content (AvgIpc) is 2.76. The molecule has 18 heavy (non-hydrogen) atoms. The summed E-state index contributed by atoms with van der Waals surface area (Å²) in [5, 5.41) is 5.99. The first kappa shape index (κ1) is 14.9. The SMILES string of the molecule is Cc1ccc(F)cc1NC(=O)CC1CCNC1.Cl. The fraction of sp³-hybridized carbons (Fsp3) is 0.462. The van der Waals surface area contributed by atoms with Crippen LogP contribution in [0.4, 0.5) is 10.1 Å². The van der Waals surface area contributed by atoms with Crippen molar-refractivity contribution in [1.29, 1.82) is 0 Å². The Labute approximate surface area is 113 Å². The molecule has 100 valence electrons. The number of nitrogens with one attached hydrogen (secondary N) is 2. The molecule has 2 rings (SSSR count). The maximum absolute atomic E-state index is 13.0. The molecule has 1 aliphatic rings. The second-order valence-corrected chi connectivity index (χ2v) is 4.57. The van der Waals surface area contributed by atoms with E-state index in [0.29, 0.717) is 18.0 Å².